The number of carbonyl (C=O) groups is 1. The van der Waals surface area contributed by atoms with Crippen molar-refractivity contribution in [3.05, 3.63) is 98.4 Å². The molecular formula is C26H19Cl2N3O3S. The number of hydrogen-bond donors (Lipinski definition) is 1. The smallest absolute Gasteiger partial charge is 0.311 e. The highest BCUT2D eigenvalue weighted by molar-refractivity contribution is 8.18. The highest BCUT2D eigenvalue weighted by atomic mass is 35.5. The van der Waals surface area contributed by atoms with E-state index in [2.05, 4.69) is 4.99 Å². The summed E-state index contributed by atoms with van der Waals surface area (Å²) in [5.74, 6) is 1.23. The van der Waals surface area contributed by atoms with Gasteiger partial charge in [0.2, 0.25) is 0 Å². The molecule has 2 aliphatic heterocycles. The van der Waals surface area contributed by atoms with Crippen LogP contribution in [0, 0.1) is 0 Å². The second-order valence-electron chi connectivity index (χ2n) is 7.91. The number of halogens is 2. The SMILES string of the molecule is COc1ccc(C2=NN(C3=NC(=O)S/C3=C\c3cc(Cl)ccc3O)C(c3ccc(Cl)cc3)C2)cc1. The molecule has 3 aromatic rings. The standard InChI is InChI=1S/C26H19Cl2N3O3S/c1-34-20-9-4-15(5-10-20)21-14-22(16-2-6-18(27)7-3-16)31(30-21)25-24(35-26(33)29-25)13-17-12-19(28)8-11-23(17)32/h2-13,22,32H,14H2,1H3/b24-13-. The van der Waals surface area contributed by atoms with Crippen molar-refractivity contribution in [2.45, 2.75) is 12.5 Å². The monoisotopic (exact) mass is 523 g/mol. The largest absolute Gasteiger partial charge is 0.507 e. The number of phenols is 1. The molecule has 0 radical (unpaired) electrons. The highest BCUT2D eigenvalue weighted by Gasteiger charge is 2.37. The number of hydrazone groups is 1. The summed E-state index contributed by atoms with van der Waals surface area (Å²) < 4.78 is 5.28. The molecule has 1 atom stereocenters. The summed E-state index contributed by atoms with van der Waals surface area (Å²) in [4.78, 5) is 17.3. The number of amidine groups is 1. The molecule has 35 heavy (non-hydrogen) atoms. The van der Waals surface area contributed by atoms with Crippen LogP contribution in [0.3, 0.4) is 0 Å². The predicted molar refractivity (Wildman–Crippen MR) is 142 cm³/mol. The normalized spacial score (nSPS) is 18.7. The van der Waals surface area contributed by atoms with Gasteiger partial charge < -0.3 is 9.84 Å². The van der Waals surface area contributed by atoms with E-state index in [9.17, 15) is 9.90 Å². The predicted octanol–water partition coefficient (Wildman–Crippen LogP) is 7.17. The molecule has 176 valence electrons. The number of nitrogens with zero attached hydrogens (tertiary/aromatic N) is 3. The van der Waals surface area contributed by atoms with Gasteiger partial charge in [-0.15, -0.1) is 0 Å². The van der Waals surface area contributed by atoms with Gasteiger partial charge in [0, 0.05) is 22.0 Å². The minimum Gasteiger partial charge on any atom is -0.507 e. The molecule has 6 nitrogen and oxygen atoms in total. The minimum atomic E-state index is -0.351. The lowest BCUT2D eigenvalue weighted by atomic mass is 9.98. The number of ether oxygens (including phenoxy) is 1. The third-order valence-corrected chi connectivity index (χ3v) is 6.97. The van der Waals surface area contributed by atoms with Crippen LogP contribution in [0.4, 0.5) is 4.79 Å². The quantitative estimate of drug-likeness (QED) is 0.392. The van der Waals surface area contributed by atoms with E-state index in [0.29, 0.717) is 32.8 Å². The summed E-state index contributed by atoms with van der Waals surface area (Å²) in [5, 5.41) is 17.7. The van der Waals surface area contributed by atoms with Crippen LogP contribution >= 0.6 is 35.0 Å². The number of aliphatic imine (C=N–C) groups is 1. The maximum Gasteiger partial charge on any atom is 0.311 e. The molecular weight excluding hydrogens is 505 g/mol. The molecule has 0 fully saturated rings. The maximum atomic E-state index is 12.4. The van der Waals surface area contributed by atoms with Crippen molar-refractivity contribution in [3.63, 3.8) is 0 Å². The lowest BCUT2D eigenvalue weighted by Crippen LogP contribution is -2.26. The van der Waals surface area contributed by atoms with Crippen LogP contribution in [0.2, 0.25) is 10.0 Å². The molecule has 1 N–H and O–H groups in total. The van der Waals surface area contributed by atoms with E-state index in [-0.39, 0.29) is 17.0 Å². The Balaban J connectivity index is 1.57. The van der Waals surface area contributed by atoms with Gasteiger partial charge in [-0.2, -0.15) is 10.1 Å². The molecule has 2 aliphatic rings. The number of carbonyl (C=O) groups excluding carboxylic acids is 1. The Hall–Kier alpha value is -3.26. The van der Waals surface area contributed by atoms with Gasteiger partial charge in [0.25, 0.3) is 0 Å². The third kappa shape index (κ3) is 4.93. The molecule has 5 rings (SSSR count). The Morgan fingerprint density at radius 1 is 1.06 bits per heavy atom. The molecule has 0 bridgehead atoms. The van der Waals surface area contributed by atoms with Gasteiger partial charge >= 0.3 is 5.24 Å². The summed E-state index contributed by atoms with van der Waals surface area (Å²) in [7, 11) is 1.62. The molecule has 2 heterocycles. The zero-order chi connectivity index (χ0) is 24.5. The minimum absolute atomic E-state index is 0.0549. The topological polar surface area (TPSA) is 74.5 Å². The molecule has 0 spiro atoms. The van der Waals surface area contributed by atoms with E-state index in [4.69, 9.17) is 33.0 Å². The number of phenolic OH excluding ortho intramolecular Hbond substituents is 1. The van der Waals surface area contributed by atoms with Crippen LogP contribution in [-0.4, -0.2) is 34.0 Å². The second-order valence-corrected chi connectivity index (χ2v) is 9.77. The van der Waals surface area contributed by atoms with Gasteiger partial charge in [0.15, 0.2) is 5.84 Å². The zero-order valence-corrected chi connectivity index (χ0v) is 20.8. The van der Waals surface area contributed by atoms with E-state index in [0.717, 1.165) is 34.3 Å². The number of amides is 1. The molecule has 3 aromatic carbocycles. The van der Waals surface area contributed by atoms with Crippen LogP contribution in [-0.2, 0) is 0 Å². The molecule has 9 heteroatoms. The van der Waals surface area contributed by atoms with Crippen LogP contribution in [0.1, 0.15) is 29.2 Å². The summed E-state index contributed by atoms with van der Waals surface area (Å²) in [6.45, 7) is 0. The third-order valence-electron chi connectivity index (χ3n) is 5.70. The number of hydrogen-bond acceptors (Lipinski definition) is 6. The fraction of sp³-hybridized carbons (Fsp3) is 0.115. The van der Waals surface area contributed by atoms with Crippen molar-refractivity contribution >= 4 is 57.8 Å². The number of benzene rings is 3. The highest BCUT2D eigenvalue weighted by Crippen LogP contribution is 2.40. The van der Waals surface area contributed by atoms with E-state index >= 15 is 0 Å². The van der Waals surface area contributed by atoms with Crippen molar-refractivity contribution in [1.29, 1.82) is 0 Å². The molecule has 0 aromatic heterocycles. The summed E-state index contributed by atoms with van der Waals surface area (Å²) in [6.07, 6.45) is 2.30. The Bertz CT molecular complexity index is 1390. The fourth-order valence-electron chi connectivity index (χ4n) is 3.95. The van der Waals surface area contributed by atoms with Crippen LogP contribution in [0.25, 0.3) is 6.08 Å². The zero-order valence-electron chi connectivity index (χ0n) is 18.5. The van der Waals surface area contributed by atoms with Crippen molar-refractivity contribution in [2.75, 3.05) is 7.11 Å². The van der Waals surface area contributed by atoms with Crippen LogP contribution in [0.5, 0.6) is 11.5 Å². The average molecular weight is 524 g/mol. The molecule has 0 saturated carbocycles. The first-order valence-electron chi connectivity index (χ1n) is 10.7. The average Bonchev–Trinajstić information content (AvgIpc) is 3.45. The first kappa shape index (κ1) is 23.5. The second kappa shape index (κ2) is 9.77. The van der Waals surface area contributed by atoms with E-state index < -0.39 is 0 Å². The van der Waals surface area contributed by atoms with Gasteiger partial charge in [-0.25, -0.2) is 5.01 Å². The number of methoxy groups -OCH3 is 1. The van der Waals surface area contributed by atoms with Crippen LogP contribution < -0.4 is 4.74 Å². The summed E-state index contributed by atoms with van der Waals surface area (Å²) in [5.41, 5.74) is 3.27. The lowest BCUT2D eigenvalue weighted by molar-refractivity contribution is 0.267. The lowest BCUT2D eigenvalue weighted by Gasteiger charge is -2.24. The number of aromatic hydroxyl groups is 1. The van der Waals surface area contributed by atoms with Gasteiger partial charge in [-0.3, -0.25) is 4.79 Å². The van der Waals surface area contributed by atoms with Crippen molar-refractivity contribution in [3.8, 4) is 11.5 Å². The van der Waals surface area contributed by atoms with E-state index in [1.54, 1.807) is 30.3 Å². The Labute approximate surface area is 216 Å². The first-order chi connectivity index (χ1) is 16.9. The van der Waals surface area contributed by atoms with Crippen molar-refractivity contribution < 1.29 is 14.6 Å². The van der Waals surface area contributed by atoms with Crippen LogP contribution in [0.15, 0.2) is 81.7 Å². The Morgan fingerprint density at radius 2 is 1.77 bits per heavy atom. The molecule has 0 saturated heterocycles. The van der Waals surface area contributed by atoms with Gasteiger partial charge in [0.05, 0.1) is 23.8 Å². The Morgan fingerprint density at radius 3 is 2.49 bits per heavy atom. The van der Waals surface area contributed by atoms with E-state index in [1.165, 1.54) is 6.07 Å². The van der Waals surface area contributed by atoms with Gasteiger partial charge in [0.1, 0.15) is 11.5 Å². The molecule has 0 aliphatic carbocycles. The molecule has 1 amide bonds. The number of rotatable bonds is 4. The maximum absolute atomic E-state index is 12.4. The fourth-order valence-corrected chi connectivity index (χ4v) is 5.00. The van der Waals surface area contributed by atoms with E-state index in [1.807, 2.05) is 48.5 Å². The summed E-state index contributed by atoms with van der Waals surface area (Å²) in [6, 6.07) is 19.8. The van der Waals surface area contributed by atoms with Crippen molar-refractivity contribution in [2.24, 2.45) is 10.1 Å². The van der Waals surface area contributed by atoms with Gasteiger partial charge in [-0.1, -0.05) is 35.3 Å². The first-order valence-corrected chi connectivity index (χ1v) is 12.3. The molecule has 1 unspecified atom stereocenters. The van der Waals surface area contributed by atoms with Crippen molar-refractivity contribution in [1.82, 2.24) is 5.01 Å². The summed E-state index contributed by atoms with van der Waals surface area (Å²) >= 11 is 13.2. The Kier molecular flexibility index (Phi) is 6.56. The van der Waals surface area contributed by atoms with Gasteiger partial charge in [-0.05, 0) is 83.6 Å². The number of thioether (sulfide) groups is 1.